The quantitative estimate of drug-likeness (QED) is 0.454. The Balaban J connectivity index is 2.80. The number of ether oxygens (including phenoxy) is 1. The lowest BCUT2D eigenvalue weighted by Gasteiger charge is -2.07. The van der Waals surface area contributed by atoms with Gasteiger partial charge in [-0.25, -0.2) is 4.79 Å². The summed E-state index contributed by atoms with van der Waals surface area (Å²) < 4.78 is 4.46. The Morgan fingerprint density at radius 3 is 2.89 bits per heavy atom. The summed E-state index contributed by atoms with van der Waals surface area (Å²) >= 11 is 0. The van der Waals surface area contributed by atoms with E-state index >= 15 is 0 Å². The predicted octanol–water partition coefficient (Wildman–Crippen LogP) is 0.974. The molecule has 0 radical (unpaired) electrons. The number of nitriles is 1. The van der Waals surface area contributed by atoms with E-state index in [9.17, 15) is 14.9 Å². The minimum Gasteiger partial charge on any atom is -0.448 e. The molecule has 0 aromatic heterocycles. The van der Waals surface area contributed by atoms with E-state index < -0.39 is 11.0 Å². The first-order chi connectivity index (χ1) is 8.56. The first kappa shape index (κ1) is 13.2. The van der Waals surface area contributed by atoms with Crippen LogP contribution in [0.5, 0.6) is 0 Å². The third kappa shape index (κ3) is 3.34. The number of benzene rings is 1. The number of nitrogens with one attached hydrogen (secondary N) is 1. The lowest BCUT2D eigenvalue weighted by molar-refractivity contribution is -0.384. The van der Waals surface area contributed by atoms with Crippen molar-refractivity contribution in [3.05, 3.63) is 33.9 Å². The second kappa shape index (κ2) is 6.05. The zero-order valence-corrected chi connectivity index (χ0v) is 9.25. The molecule has 0 atom stereocenters. The topological polar surface area (TPSA) is 131 Å². The molecule has 0 aliphatic carbocycles. The molecule has 0 unspecified atom stereocenters. The number of hydrogen-bond donors (Lipinski definition) is 2. The number of carbonyl (C=O) groups excluding carboxylic acids is 1. The van der Waals surface area contributed by atoms with Gasteiger partial charge in [-0.05, 0) is 12.1 Å². The first-order valence-corrected chi connectivity index (χ1v) is 4.90. The maximum absolute atomic E-state index is 10.9. The largest absolute Gasteiger partial charge is 0.448 e. The Morgan fingerprint density at radius 2 is 2.33 bits per heavy atom. The molecule has 0 aliphatic heterocycles. The summed E-state index contributed by atoms with van der Waals surface area (Å²) in [5.74, 6) is 0. The minimum absolute atomic E-state index is 0.0245. The van der Waals surface area contributed by atoms with Crippen molar-refractivity contribution in [3.8, 4) is 6.07 Å². The highest BCUT2D eigenvalue weighted by molar-refractivity contribution is 5.68. The van der Waals surface area contributed by atoms with Gasteiger partial charge in [-0.2, -0.15) is 5.26 Å². The molecule has 0 aliphatic rings. The second-order valence-corrected chi connectivity index (χ2v) is 3.16. The summed E-state index contributed by atoms with van der Waals surface area (Å²) in [4.78, 5) is 20.5. The molecule has 3 N–H and O–H groups in total. The highest BCUT2D eigenvalue weighted by Crippen LogP contribution is 2.27. The molecule has 0 spiro atoms. The Labute approximate surface area is 102 Å². The molecule has 1 aromatic carbocycles. The lowest BCUT2D eigenvalue weighted by Crippen LogP contribution is -2.18. The normalized spacial score (nSPS) is 9.28. The van der Waals surface area contributed by atoms with Crippen LogP contribution in [0.25, 0.3) is 0 Å². The predicted molar refractivity (Wildman–Crippen MR) is 61.8 cm³/mol. The van der Waals surface area contributed by atoms with Gasteiger partial charge in [-0.1, -0.05) is 6.07 Å². The number of anilines is 1. The van der Waals surface area contributed by atoms with Gasteiger partial charge >= 0.3 is 11.8 Å². The smallest absolute Gasteiger partial charge is 0.404 e. The van der Waals surface area contributed by atoms with Gasteiger partial charge in [0, 0.05) is 6.54 Å². The van der Waals surface area contributed by atoms with Crippen LogP contribution in [0.2, 0.25) is 0 Å². The fourth-order valence-electron chi connectivity index (χ4n) is 1.31. The molecule has 18 heavy (non-hydrogen) atoms. The fraction of sp³-hybridized carbons (Fsp3) is 0.200. The lowest BCUT2D eigenvalue weighted by atomic mass is 10.1. The van der Waals surface area contributed by atoms with E-state index in [1.807, 2.05) is 0 Å². The molecule has 0 heterocycles. The van der Waals surface area contributed by atoms with E-state index in [2.05, 4.69) is 10.1 Å². The number of nitrogens with zero attached hydrogens (tertiary/aromatic N) is 2. The first-order valence-electron chi connectivity index (χ1n) is 4.90. The van der Waals surface area contributed by atoms with Crippen molar-refractivity contribution in [2.45, 2.75) is 0 Å². The maximum Gasteiger partial charge on any atom is 0.404 e. The van der Waals surface area contributed by atoms with Crippen molar-refractivity contribution in [2.24, 2.45) is 5.73 Å². The number of nitrogens with two attached hydrogens (primary N) is 1. The standard InChI is InChI=1S/C10H10N4O4/c11-6-7-2-1-3-8(9(7)14(16)17)13-4-5-18-10(12)15/h1-3,13H,4-5H2,(H2,12,15). The molecular weight excluding hydrogens is 240 g/mol. The Morgan fingerprint density at radius 1 is 1.61 bits per heavy atom. The Bertz CT molecular complexity index is 509. The molecule has 94 valence electrons. The molecule has 8 heteroatoms. The van der Waals surface area contributed by atoms with E-state index in [1.54, 1.807) is 6.07 Å². The summed E-state index contributed by atoms with van der Waals surface area (Å²) in [7, 11) is 0. The number of primary amides is 1. The molecule has 8 nitrogen and oxygen atoms in total. The number of nitro benzene ring substituents is 1. The molecule has 1 amide bonds. The van der Waals surface area contributed by atoms with E-state index in [-0.39, 0.29) is 30.1 Å². The molecule has 0 saturated carbocycles. The number of para-hydroxylation sites is 1. The number of hydrogen-bond acceptors (Lipinski definition) is 6. The number of amides is 1. The highest BCUT2D eigenvalue weighted by Gasteiger charge is 2.18. The average molecular weight is 250 g/mol. The van der Waals surface area contributed by atoms with Gasteiger partial charge in [0.05, 0.1) is 4.92 Å². The van der Waals surface area contributed by atoms with Crippen LogP contribution in [0.1, 0.15) is 5.56 Å². The van der Waals surface area contributed by atoms with E-state index in [4.69, 9.17) is 11.0 Å². The van der Waals surface area contributed by atoms with Crippen molar-refractivity contribution in [1.29, 1.82) is 5.26 Å². The minimum atomic E-state index is -0.919. The van der Waals surface area contributed by atoms with Crippen LogP contribution in [0.3, 0.4) is 0 Å². The third-order valence-corrected chi connectivity index (χ3v) is 2.00. The third-order valence-electron chi connectivity index (χ3n) is 2.00. The zero-order valence-electron chi connectivity index (χ0n) is 9.25. The van der Waals surface area contributed by atoms with Gasteiger partial charge in [0.2, 0.25) is 0 Å². The molecule has 1 aromatic rings. The van der Waals surface area contributed by atoms with E-state index in [1.165, 1.54) is 18.2 Å². The van der Waals surface area contributed by atoms with Gasteiger partial charge in [0.25, 0.3) is 0 Å². The number of carbonyl (C=O) groups is 1. The average Bonchev–Trinajstić information content (AvgIpc) is 2.33. The van der Waals surface area contributed by atoms with Crippen LogP contribution < -0.4 is 11.1 Å². The molecule has 0 bridgehead atoms. The second-order valence-electron chi connectivity index (χ2n) is 3.16. The Kier molecular flexibility index (Phi) is 4.45. The van der Waals surface area contributed by atoms with Gasteiger partial charge in [-0.3, -0.25) is 10.1 Å². The van der Waals surface area contributed by atoms with Crippen molar-refractivity contribution >= 4 is 17.5 Å². The van der Waals surface area contributed by atoms with Crippen LogP contribution in [-0.4, -0.2) is 24.2 Å². The fourth-order valence-corrected chi connectivity index (χ4v) is 1.31. The zero-order chi connectivity index (χ0) is 13.5. The van der Waals surface area contributed by atoms with Crippen molar-refractivity contribution in [3.63, 3.8) is 0 Å². The number of rotatable bonds is 5. The van der Waals surface area contributed by atoms with Crippen LogP contribution >= 0.6 is 0 Å². The SMILES string of the molecule is N#Cc1cccc(NCCOC(N)=O)c1[N+](=O)[O-]. The van der Waals surface area contributed by atoms with Crippen LogP contribution in [-0.2, 0) is 4.74 Å². The van der Waals surface area contributed by atoms with Crippen LogP contribution in [0.4, 0.5) is 16.2 Å². The molecule has 0 saturated heterocycles. The van der Waals surface area contributed by atoms with Crippen molar-refractivity contribution in [2.75, 3.05) is 18.5 Å². The summed E-state index contributed by atoms with van der Waals surface area (Å²) in [5, 5.41) is 22.3. The maximum atomic E-state index is 10.9. The molecule has 0 fully saturated rings. The van der Waals surface area contributed by atoms with Gasteiger partial charge in [0.15, 0.2) is 0 Å². The summed E-state index contributed by atoms with van der Waals surface area (Å²) in [6.07, 6.45) is -0.919. The Hall–Kier alpha value is -2.82. The van der Waals surface area contributed by atoms with Gasteiger partial charge in [0.1, 0.15) is 23.9 Å². The summed E-state index contributed by atoms with van der Waals surface area (Å²) in [6, 6.07) is 6.07. The van der Waals surface area contributed by atoms with E-state index in [0.29, 0.717) is 0 Å². The molecule has 1 rings (SSSR count). The highest BCUT2D eigenvalue weighted by atomic mass is 16.6. The van der Waals surface area contributed by atoms with Crippen molar-refractivity contribution in [1.82, 2.24) is 0 Å². The van der Waals surface area contributed by atoms with E-state index in [0.717, 1.165) is 0 Å². The number of nitro groups is 1. The van der Waals surface area contributed by atoms with Crippen molar-refractivity contribution < 1.29 is 14.5 Å². The van der Waals surface area contributed by atoms with Crippen LogP contribution in [0.15, 0.2) is 18.2 Å². The van der Waals surface area contributed by atoms with Gasteiger partial charge in [-0.15, -0.1) is 0 Å². The monoisotopic (exact) mass is 250 g/mol. The van der Waals surface area contributed by atoms with Crippen LogP contribution in [0, 0.1) is 21.4 Å². The molecular formula is C10H10N4O4. The summed E-state index contributed by atoms with van der Waals surface area (Å²) in [6.45, 7) is 0.127. The summed E-state index contributed by atoms with van der Waals surface area (Å²) in [5.41, 5.74) is 4.60. The van der Waals surface area contributed by atoms with Gasteiger partial charge < -0.3 is 15.8 Å².